The van der Waals surface area contributed by atoms with Gasteiger partial charge in [0.1, 0.15) is 10.7 Å². The van der Waals surface area contributed by atoms with Crippen molar-refractivity contribution in [3.8, 4) is 0 Å². The summed E-state index contributed by atoms with van der Waals surface area (Å²) < 4.78 is 34.2. The van der Waals surface area contributed by atoms with Crippen LogP contribution in [0.3, 0.4) is 0 Å². The molecular weight excluding hydrogens is 306 g/mol. The van der Waals surface area contributed by atoms with Crippen molar-refractivity contribution in [2.24, 2.45) is 13.0 Å². The number of hydrogen-bond donors (Lipinski definition) is 2. The van der Waals surface area contributed by atoms with Crippen molar-refractivity contribution in [1.82, 2.24) is 14.5 Å². The van der Waals surface area contributed by atoms with Crippen LogP contribution in [-0.2, 0) is 23.5 Å². The first kappa shape index (κ1) is 16.7. The number of aryl methyl sites for hydroxylation is 2. The van der Waals surface area contributed by atoms with Gasteiger partial charge in [-0.15, -0.1) is 0 Å². The van der Waals surface area contributed by atoms with Crippen molar-refractivity contribution < 1.29 is 17.9 Å². The lowest BCUT2D eigenvalue weighted by atomic mass is 10.1. The molecule has 1 atom stereocenters. The number of sulfonamides is 1. The van der Waals surface area contributed by atoms with Gasteiger partial charge >= 0.3 is 0 Å². The zero-order valence-corrected chi connectivity index (χ0v) is 13.7. The lowest BCUT2D eigenvalue weighted by Crippen LogP contribution is -2.32. The van der Waals surface area contributed by atoms with Gasteiger partial charge in [-0.1, -0.05) is 0 Å². The van der Waals surface area contributed by atoms with Crippen LogP contribution >= 0.6 is 0 Å². The predicted molar refractivity (Wildman–Crippen MR) is 80.9 cm³/mol. The van der Waals surface area contributed by atoms with Crippen molar-refractivity contribution in [3.63, 3.8) is 0 Å². The second-order valence-corrected chi connectivity index (χ2v) is 7.01. The number of aliphatic hydroxyl groups excluding tert-OH is 1. The lowest BCUT2D eigenvalue weighted by molar-refractivity contribution is 0.221. The highest BCUT2D eigenvalue weighted by molar-refractivity contribution is 7.89. The number of aromatic nitrogens is 2. The molecule has 0 saturated carbocycles. The van der Waals surface area contributed by atoms with Gasteiger partial charge in [0.2, 0.25) is 10.0 Å². The van der Waals surface area contributed by atoms with Gasteiger partial charge in [0.25, 0.3) is 0 Å². The Morgan fingerprint density at radius 3 is 2.68 bits per heavy atom. The Kier molecular flexibility index (Phi) is 5.05. The minimum absolute atomic E-state index is 0.131. The second kappa shape index (κ2) is 6.64. The molecule has 0 radical (unpaired) electrons. The maximum Gasteiger partial charge on any atom is 0.244 e. The normalized spacial score (nSPS) is 13.5. The number of aliphatic hydroxyl groups is 1. The third-order valence-electron chi connectivity index (χ3n) is 3.60. The van der Waals surface area contributed by atoms with Gasteiger partial charge in [-0.25, -0.2) is 13.1 Å². The van der Waals surface area contributed by atoms with Gasteiger partial charge in [0, 0.05) is 32.5 Å². The van der Waals surface area contributed by atoms with Crippen LogP contribution in [0.2, 0.25) is 0 Å². The Labute approximate surface area is 130 Å². The van der Waals surface area contributed by atoms with Gasteiger partial charge in [-0.05, 0) is 26.0 Å². The third kappa shape index (κ3) is 3.57. The van der Waals surface area contributed by atoms with Crippen LogP contribution in [0.4, 0.5) is 0 Å². The first-order valence-corrected chi connectivity index (χ1v) is 8.46. The maximum absolute atomic E-state index is 12.4. The van der Waals surface area contributed by atoms with E-state index in [-0.39, 0.29) is 24.0 Å². The molecule has 2 aromatic rings. The molecule has 2 heterocycles. The van der Waals surface area contributed by atoms with Gasteiger partial charge in [0.05, 0.1) is 17.7 Å². The molecule has 0 amide bonds. The SMILES string of the molecule is Cc1nn(C)c(C)c1S(=O)(=O)NC[C@H](CO)Cc1ccco1. The van der Waals surface area contributed by atoms with E-state index in [9.17, 15) is 13.5 Å². The van der Waals surface area contributed by atoms with Crippen LogP contribution < -0.4 is 4.72 Å². The van der Waals surface area contributed by atoms with Crippen molar-refractivity contribution in [2.45, 2.75) is 25.2 Å². The van der Waals surface area contributed by atoms with Crippen molar-refractivity contribution in [1.29, 1.82) is 0 Å². The number of hydrogen-bond acceptors (Lipinski definition) is 5. The van der Waals surface area contributed by atoms with E-state index in [0.717, 1.165) is 0 Å². The van der Waals surface area contributed by atoms with E-state index >= 15 is 0 Å². The summed E-state index contributed by atoms with van der Waals surface area (Å²) in [5.74, 6) is 0.463. The molecule has 0 unspecified atom stereocenters. The van der Waals surface area contributed by atoms with Crippen LogP contribution in [0.15, 0.2) is 27.7 Å². The van der Waals surface area contributed by atoms with E-state index < -0.39 is 10.0 Å². The molecule has 0 saturated heterocycles. The van der Waals surface area contributed by atoms with Crippen LogP contribution in [-0.4, -0.2) is 36.5 Å². The van der Waals surface area contributed by atoms with Crippen molar-refractivity contribution in [3.05, 3.63) is 35.5 Å². The average Bonchev–Trinajstić information content (AvgIpc) is 3.04. The number of nitrogens with zero attached hydrogens (tertiary/aromatic N) is 2. The van der Waals surface area contributed by atoms with Crippen molar-refractivity contribution in [2.75, 3.05) is 13.2 Å². The van der Waals surface area contributed by atoms with Crippen molar-refractivity contribution >= 4 is 10.0 Å². The molecule has 2 rings (SSSR count). The summed E-state index contributed by atoms with van der Waals surface area (Å²) in [6.07, 6.45) is 2.02. The lowest BCUT2D eigenvalue weighted by Gasteiger charge is -2.14. The fourth-order valence-corrected chi connectivity index (χ4v) is 3.91. The summed E-state index contributed by atoms with van der Waals surface area (Å²) in [6.45, 7) is 3.37. The molecule has 0 fully saturated rings. The predicted octanol–water partition coefficient (Wildman–Crippen LogP) is 0.759. The zero-order valence-electron chi connectivity index (χ0n) is 12.9. The molecule has 0 spiro atoms. The molecule has 2 aromatic heterocycles. The molecule has 0 aromatic carbocycles. The van der Waals surface area contributed by atoms with E-state index in [1.54, 1.807) is 39.3 Å². The summed E-state index contributed by atoms with van der Waals surface area (Å²) in [5.41, 5.74) is 1.04. The molecule has 2 N–H and O–H groups in total. The number of nitrogens with one attached hydrogen (secondary N) is 1. The van der Waals surface area contributed by atoms with E-state index in [4.69, 9.17) is 4.42 Å². The van der Waals surface area contributed by atoms with E-state index in [2.05, 4.69) is 9.82 Å². The summed E-state index contributed by atoms with van der Waals surface area (Å²) in [6, 6.07) is 3.56. The van der Waals surface area contributed by atoms with Gasteiger partial charge in [0.15, 0.2) is 0 Å². The maximum atomic E-state index is 12.4. The smallest absolute Gasteiger partial charge is 0.244 e. The molecule has 0 aliphatic rings. The molecule has 8 heteroatoms. The second-order valence-electron chi connectivity index (χ2n) is 5.31. The quantitative estimate of drug-likeness (QED) is 0.782. The summed E-state index contributed by atoms with van der Waals surface area (Å²) in [5, 5.41) is 13.5. The molecule has 22 heavy (non-hydrogen) atoms. The van der Waals surface area contributed by atoms with E-state index in [1.807, 2.05) is 0 Å². The Morgan fingerprint density at radius 1 is 1.45 bits per heavy atom. The highest BCUT2D eigenvalue weighted by atomic mass is 32.2. The molecule has 0 aliphatic heterocycles. The van der Waals surface area contributed by atoms with Crippen LogP contribution in [0.25, 0.3) is 0 Å². The largest absolute Gasteiger partial charge is 0.469 e. The number of furan rings is 1. The first-order valence-electron chi connectivity index (χ1n) is 6.98. The number of rotatable bonds is 7. The van der Waals surface area contributed by atoms with Gasteiger partial charge in [-0.2, -0.15) is 5.10 Å². The minimum atomic E-state index is -3.66. The average molecular weight is 327 g/mol. The summed E-state index contributed by atoms with van der Waals surface area (Å²) >= 11 is 0. The zero-order chi connectivity index (χ0) is 16.3. The topological polar surface area (TPSA) is 97.4 Å². The highest BCUT2D eigenvalue weighted by Crippen LogP contribution is 2.18. The van der Waals surface area contributed by atoms with Crippen LogP contribution in [0.5, 0.6) is 0 Å². The highest BCUT2D eigenvalue weighted by Gasteiger charge is 2.24. The Bertz CT molecular complexity index is 720. The fraction of sp³-hybridized carbons (Fsp3) is 0.500. The van der Waals surface area contributed by atoms with Crippen LogP contribution in [0, 0.1) is 19.8 Å². The van der Waals surface area contributed by atoms with E-state index in [0.29, 0.717) is 23.6 Å². The van der Waals surface area contributed by atoms with E-state index in [1.165, 1.54) is 4.68 Å². The monoisotopic (exact) mass is 327 g/mol. The third-order valence-corrected chi connectivity index (χ3v) is 5.28. The summed E-state index contributed by atoms with van der Waals surface area (Å²) in [4.78, 5) is 0.199. The van der Waals surface area contributed by atoms with Crippen LogP contribution in [0.1, 0.15) is 17.1 Å². The summed E-state index contributed by atoms with van der Waals surface area (Å²) in [7, 11) is -1.96. The first-order chi connectivity index (χ1) is 10.3. The molecule has 7 nitrogen and oxygen atoms in total. The Hall–Kier alpha value is -1.64. The minimum Gasteiger partial charge on any atom is -0.469 e. The fourth-order valence-electron chi connectivity index (χ4n) is 2.36. The van der Waals surface area contributed by atoms with Gasteiger partial charge in [-0.3, -0.25) is 4.68 Å². The molecule has 0 aliphatic carbocycles. The molecule has 0 bridgehead atoms. The molecular formula is C14H21N3O4S. The Balaban J connectivity index is 2.08. The van der Waals surface area contributed by atoms with Gasteiger partial charge < -0.3 is 9.52 Å². The molecule has 122 valence electrons. The Morgan fingerprint density at radius 2 is 2.18 bits per heavy atom. The standard InChI is InChI=1S/C14H21N3O4S/c1-10-14(11(2)17(3)16-10)22(19,20)15-8-12(9-18)7-13-5-4-6-21-13/h4-6,12,15,18H,7-9H2,1-3H3/t12-/m1/s1.